The lowest BCUT2D eigenvalue weighted by molar-refractivity contribution is -0.129. The minimum absolute atomic E-state index is 0.0247. The Labute approximate surface area is 280 Å². The fourth-order valence-electron chi connectivity index (χ4n) is 5.38. The van der Waals surface area contributed by atoms with Crippen LogP contribution in [-0.2, 0) is 25.8 Å². The van der Waals surface area contributed by atoms with Crippen LogP contribution in [-0.4, -0.2) is 63.5 Å². The lowest BCUT2D eigenvalue weighted by atomic mass is 9.85. The molecular formula is C36H37ClN2O7S. The van der Waals surface area contributed by atoms with Crippen molar-refractivity contribution in [3.63, 3.8) is 0 Å². The van der Waals surface area contributed by atoms with Crippen LogP contribution in [0.2, 0.25) is 5.02 Å². The maximum absolute atomic E-state index is 14.4. The van der Waals surface area contributed by atoms with Gasteiger partial charge in [0.25, 0.3) is 5.91 Å². The number of aliphatic hydroxyl groups excluding tert-OH is 1. The normalized spacial score (nSPS) is 17.4. The van der Waals surface area contributed by atoms with Crippen molar-refractivity contribution >= 4 is 33.2 Å². The molecule has 0 saturated heterocycles. The van der Waals surface area contributed by atoms with E-state index >= 15 is 0 Å². The predicted molar refractivity (Wildman–Crippen MR) is 181 cm³/mol. The number of carbonyl (C=O) groups is 1. The molecule has 0 bridgehead atoms. The number of amides is 1. The van der Waals surface area contributed by atoms with Gasteiger partial charge in [-0.1, -0.05) is 60.1 Å². The van der Waals surface area contributed by atoms with Gasteiger partial charge in [-0.15, -0.1) is 0 Å². The van der Waals surface area contributed by atoms with Crippen LogP contribution in [0.1, 0.15) is 35.6 Å². The number of hydrogen-bond acceptors (Lipinski definition) is 8. The topological polar surface area (TPSA) is 124 Å². The highest BCUT2D eigenvalue weighted by molar-refractivity contribution is 7.91. The van der Waals surface area contributed by atoms with E-state index in [2.05, 4.69) is 5.32 Å². The van der Waals surface area contributed by atoms with E-state index in [-0.39, 0.29) is 36.1 Å². The molecule has 4 aromatic carbocycles. The summed E-state index contributed by atoms with van der Waals surface area (Å²) in [6.07, 6.45) is -0.169. The van der Waals surface area contributed by atoms with Gasteiger partial charge in [0.1, 0.15) is 11.5 Å². The summed E-state index contributed by atoms with van der Waals surface area (Å²) >= 11 is 6.36. The molecule has 1 amide bonds. The van der Waals surface area contributed by atoms with E-state index in [0.717, 1.165) is 5.56 Å². The largest absolute Gasteiger partial charge is 0.497 e. The highest BCUT2D eigenvalue weighted by atomic mass is 35.5. The molecule has 11 heteroatoms. The molecule has 5 rings (SSSR count). The Balaban J connectivity index is 1.53. The number of nitrogens with one attached hydrogen (secondary N) is 1. The number of ether oxygens (including phenoxy) is 3. The molecule has 0 aliphatic carbocycles. The second-order valence-corrected chi connectivity index (χ2v) is 13.6. The number of hydrogen-bond donors (Lipinski definition) is 2. The summed E-state index contributed by atoms with van der Waals surface area (Å²) in [5, 5.41) is 12.7. The summed E-state index contributed by atoms with van der Waals surface area (Å²) in [7, 11) is -2.24. The Morgan fingerprint density at radius 1 is 0.979 bits per heavy atom. The minimum atomic E-state index is -3.79. The third-order valence-electron chi connectivity index (χ3n) is 7.92. The third-order valence-corrected chi connectivity index (χ3v) is 10.0. The molecule has 0 aromatic heterocycles. The van der Waals surface area contributed by atoms with Gasteiger partial charge < -0.3 is 24.6 Å². The van der Waals surface area contributed by atoms with Crippen LogP contribution >= 0.6 is 11.6 Å². The quantitative estimate of drug-likeness (QED) is 0.157. The zero-order valence-corrected chi connectivity index (χ0v) is 27.5. The monoisotopic (exact) mass is 676 g/mol. The second kappa shape index (κ2) is 15.5. The van der Waals surface area contributed by atoms with Crippen molar-refractivity contribution in [2.75, 3.05) is 32.6 Å². The number of carbonyl (C=O) groups excluding carboxylic acids is 1. The molecule has 4 aromatic rings. The molecule has 1 heterocycles. The molecule has 0 spiro atoms. The van der Waals surface area contributed by atoms with Crippen LogP contribution in [0.25, 0.3) is 0 Å². The van der Waals surface area contributed by atoms with Crippen LogP contribution in [0.15, 0.2) is 113 Å². The Bertz CT molecular complexity index is 1800. The van der Waals surface area contributed by atoms with Crippen molar-refractivity contribution in [1.29, 1.82) is 0 Å². The van der Waals surface area contributed by atoms with E-state index < -0.39 is 27.4 Å². The molecule has 0 radical (unpaired) electrons. The van der Waals surface area contributed by atoms with Gasteiger partial charge in [0.2, 0.25) is 5.90 Å². The van der Waals surface area contributed by atoms with Gasteiger partial charge in [0.15, 0.2) is 21.5 Å². The number of benzene rings is 4. The molecule has 47 heavy (non-hydrogen) atoms. The summed E-state index contributed by atoms with van der Waals surface area (Å²) in [6.45, 7) is 0.626. The van der Waals surface area contributed by atoms with Crippen LogP contribution < -0.4 is 14.8 Å². The van der Waals surface area contributed by atoms with E-state index in [9.17, 15) is 13.2 Å². The average molecular weight is 677 g/mol. The summed E-state index contributed by atoms with van der Waals surface area (Å²) in [5.41, 5.74) is 0.405. The van der Waals surface area contributed by atoms with Gasteiger partial charge in [-0.05, 0) is 72.1 Å². The summed E-state index contributed by atoms with van der Waals surface area (Å²) in [6, 6.07) is 29.7. The third kappa shape index (κ3) is 8.13. The van der Waals surface area contributed by atoms with Gasteiger partial charge in [0, 0.05) is 36.6 Å². The number of aliphatic hydroxyl groups is 1. The zero-order valence-electron chi connectivity index (χ0n) is 26.0. The van der Waals surface area contributed by atoms with E-state index in [1.165, 1.54) is 12.1 Å². The van der Waals surface area contributed by atoms with Gasteiger partial charge in [-0.3, -0.25) is 4.79 Å². The zero-order chi connectivity index (χ0) is 33.3. The lowest BCUT2D eigenvalue weighted by Gasteiger charge is -2.31. The second-order valence-electron chi connectivity index (χ2n) is 11.0. The Morgan fingerprint density at radius 3 is 2.45 bits per heavy atom. The number of methoxy groups -OCH3 is 1. The van der Waals surface area contributed by atoms with Gasteiger partial charge >= 0.3 is 0 Å². The fraction of sp³-hybridized carbons (Fsp3) is 0.278. The van der Waals surface area contributed by atoms with Crippen molar-refractivity contribution in [1.82, 2.24) is 5.32 Å². The van der Waals surface area contributed by atoms with Crippen LogP contribution in [0.3, 0.4) is 0 Å². The van der Waals surface area contributed by atoms with Crippen LogP contribution in [0.4, 0.5) is 0 Å². The first-order valence-electron chi connectivity index (χ1n) is 15.3. The first-order valence-corrected chi connectivity index (χ1v) is 17.3. The Hall–Kier alpha value is -4.38. The average Bonchev–Trinajstić information content (AvgIpc) is 3.50. The molecule has 1 aliphatic heterocycles. The van der Waals surface area contributed by atoms with Gasteiger partial charge in [-0.25, -0.2) is 13.4 Å². The molecule has 0 unspecified atom stereocenters. The molecule has 2 atom stereocenters. The molecule has 2 N–H and O–H groups in total. The summed E-state index contributed by atoms with van der Waals surface area (Å²) < 4.78 is 44.7. The molecule has 0 saturated carbocycles. The summed E-state index contributed by atoms with van der Waals surface area (Å²) in [4.78, 5) is 19.5. The highest BCUT2D eigenvalue weighted by Crippen LogP contribution is 2.44. The maximum atomic E-state index is 14.4. The van der Waals surface area contributed by atoms with E-state index in [1.54, 1.807) is 79.9 Å². The predicted octanol–water partition coefficient (Wildman–Crippen LogP) is 5.59. The van der Waals surface area contributed by atoms with Crippen molar-refractivity contribution in [3.8, 4) is 11.5 Å². The summed E-state index contributed by atoms with van der Waals surface area (Å²) in [5.74, 6) is 0.516. The first-order chi connectivity index (χ1) is 22.8. The van der Waals surface area contributed by atoms with Crippen molar-refractivity contribution < 1.29 is 32.5 Å². The Kier molecular flexibility index (Phi) is 11.2. The number of halogens is 1. The molecular weight excluding hydrogens is 640 g/mol. The Morgan fingerprint density at radius 2 is 1.72 bits per heavy atom. The maximum Gasteiger partial charge on any atom is 0.252 e. The van der Waals surface area contributed by atoms with Gasteiger partial charge in [0.05, 0.1) is 24.4 Å². The molecule has 246 valence electrons. The van der Waals surface area contributed by atoms with Crippen LogP contribution in [0.5, 0.6) is 11.5 Å². The minimum Gasteiger partial charge on any atom is -0.497 e. The van der Waals surface area contributed by atoms with E-state index in [4.69, 9.17) is 35.9 Å². The standard InChI is InChI=1S/C36H37ClN2O7S/c1-44-30-11-7-10-28(25-30)33-36(20-24-47(42,43)31-12-3-2-4-13-31,35(41)38-21-19-26-9-5-6-14-32(26)37)39-34(46-33)27-15-17-29(18-16-27)45-23-8-22-40/h2-7,9-18,25,33,40H,8,19-24H2,1H3,(H,38,41)/t33-,36-/m1/s1. The highest BCUT2D eigenvalue weighted by Gasteiger charge is 2.53. The molecule has 9 nitrogen and oxygen atoms in total. The van der Waals surface area contributed by atoms with Crippen molar-refractivity contribution in [3.05, 3.63) is 125 Å². The molecule has 1 aliphatic rings. The number of sulfone groups is 1. The lowest BCUT2D eigenvalue weighted by Crippen LogP contribution is -2.49. The first kappa shape index (κ1) is 34.0. The van der Waals surface area contributed by atoms with Crippen LogP contribution in [0, 0.1) is 0 Å². The fourth-order valence-corrected chi connectivity index (χ4v) is 6.99. The smallest absolute Gasteiger partial charge is 0.252 e. The van der Waals surface area contributed by atoms with Gasteiger partial charge in [-0.2, -0.15) is 0 Å². The number of aliphatic imine (C=N–C) groups is 1. The number of nitrogens with zero attached hydrogens (tertiary/aromatic N) is 1. The number of rotatable bonds is 15. The van der Waals surface area contributed by atoms with Crippen molar-refractivity contribution in [2.45, 2.75) is 35.8 Å². The van der Waals surface area contributed by atoms with E-state index in [1.807, 2.05) is 18.2 Å². The SMILES string of the molecule is COc1cccc([C@H]2OC(c3ccc(OCCCO)cc3)=N[C@@]2(CCS(=O)(=O)c2ccccc2)C(=O)NCCc2ccccc2Cl)c1. The van der Waals surface area contributed by atoms with Crippen molar-refractivity contribution in [2.24, 2.45) is 4.99 Å². The van der Waals surface area contributed by atoms with E-state index in [0.29, 0.717) is 47.1 Å². The molecule has 0 fully saturated rings.